The fourth-order valence-electron chi connectivity index (χ4n) is 2.17. The van der Waals surface area contributed by atoms with Crippen molar-refractivity contribution in [2.45, 2.75) is 26.2 Å². The molecule has 3 nitrogen and oxygen atoms in total. The average molecular weight is 380 g/mol. The SMILES string of the molecule is CC(C)(C)c1ccccc1NC(=O)COc1ccc(F)cc1Br. The summed E-state index contributed by atoms with van der Waals surface area (Å²) in [6.45, 7) is 6.11. The Balaban J connectivity index is 2.03. The fourth-order valence-corrected chi connectivity index (χ4v) is 2.63. The molecule has 0 aromatic heterocycles. The number of nitrogens with one attached hydrogen (secondary N) is 1. The zero-order valence-electron chi connectivity index (χ0n) is 13.3. The van der Waals surface area contributed by atoms with Gasteiger partial charge in [0.25, 0.3) is 5.91 Å². The van der Waals surface area contributed by atoms with Crippen LogP contribution < -0.4 is 10.1 Å². The number of benzene rings is 2. The number of carbonyl (C=O) groups excluding carboxylic acids is 1. The summed E-state index contributed by atoms with van der Waals surface area (Å²) in [7, 11) is 0. The molecule has 0 saturated heterocycles. The number of hydrogen-bond donors (Lipinski definition) is 1. The molecule has 2 aromatic carbocycles. The molecule has 0 aliphatic rings. The molecule has 2 rings (SSSR count). The summed E-state index contributed by atoms with van der Waals surface area (Å²) in [5.74, 6) is -0.212. The van der Waals surface area contributed by atoms with Crippen molar-refractivity contribution in [3.63, 3.8) is 0 Å². The highest BCUT2D eigenvalue weighted by atomic mass is 79.9. The highest BCUT2D eigenvalue weighted by molar-refractivity contribution is 9.10. The summed E-state index contributed by atoms with van der Waals surface area (Å²) in [6, 6.07) is 11.7. The normalized spacial score (nSPS) is 11.2. The van der Waals surface area contributed by atoms with E-state index >= 15 is 0 Å². The molecule has 0 unspecified atom stereocenters. The van der Waals surface area contributed by atoms with Gasteiger partial charge in [-0.3, -0.25) is 4.79 Å². The lowest BCUT2D eigenvalue weighted by atomic mass is 9.86. The van der Waals surface area contributed by atoms with Crippen LogP contribution in [0.1, 0.15) is 26.3 Å². The Hall–Kier alpha value is -1.88. The monoisotopic (exact) mass is 379 g/mol. The van der Waals surface area contributed by atoms with Crippen molar-refractivity contribution in [2.24, 2.45) is 0 Å². The molecule has 0 heterocycles. The standard InChI is InChI=1S/C18H19BrFNO2/c1-18(2,3)13-6-4-5-7-15(13)21-17(22)11-23-16-9-8-12(20)10-14(16)19/h4-10H,11H2,1-3H3,(H,21,22). The van der Waals surface area contributed by atoms with Gasteiger partial charge in [0, 0.05) is 5.69 Å². The minimum Gasteiger partial charge on any atom is -0.483 e. The number of ether oxygens (including phenoxy) is 1. The summed E-state index contributed by atoms with van der Waals surface area (Å²) < 4.78 is 18.9. The first kappa shape index (κ1) is 17.5. The number of amides is 1. The van der Waals surface area contributed by atoms with Crippen LogP contribution in [0, 0.1) is 5.82 Å². The van der Waals surface area contributed by atoms with E-state index < -0.39 is 0 Å². The second kappa shape index (κ2) is 7.13. The second-order valence-corrected chi connectivity index (χ2v) is 7.06. The van der Waals surface area contributed by atoms with E-state index in [1.807, 2.05) is 24.3 Å². The largest absolute Gasteiger partial charge is 0.483 e. The minimum atomic E-state index is -0.368. The predicted molar refractivity (Wildman–Crippen MR) is 93.4 cm³/mol. The minimum absolute atomic E-state index is 0.0787. The van der Waals surface area contributed by atoms with Crippen LogP contribution in [-0.2, 0) is 10.2 Å². The van der Waals surface area contributed by atoms with Gasteiger partial charge in [-0.1, -0.05) is 39.0 Å². The van der Waals surface area contributed by atoms with E-state index in [1.165, 1.54) is 18.2 Å². The van der Waals surface area contributed by atoms with Crippen molar-refractivity contribution in [3.8, 4) is 5.75 Å². The third kappa shape index (κ3) is 4.79. The summed E-state index contributed by atoms with van der Waals surface area (Å²) in [5, 5.41) is 2.86. The van der Waals surface area contributed by atoms with E-state index in [4.69, 9.17) is 4.74 Å². The van der Waals surface area contributed by atoms with Gasteiger partial charge in [0.05, 0.1) is 4.47 Å². The van der Waals surface area contributed by atoms with E-state index in [1.54, 1.807) is 0 Å². The Morgan fingerprint density at radius 1 is 1.22 bits per heavy atom. The van der Waals surface area contributed by atoms with Crippen LogP contribution in [0.25, 0.3) is 0 Å². The van der Waals surface area contributed by atoms with Gasteiger partial charge in [-0.15, -0.1) is 0 Å². The number of halogens is 2. The molecule has 0 saturated carbocycles. The number of anilines is 1. The Labute approximate surface area is 144 Å². The van der Waals surface area contributed by atoms with Gasteiger partial charge in [-0.2, -0.15) is 0 Å². The van der Waals surface area contributed by atoms with Crippen LogP contribution in [0.4, 0.5) is 10.1 Å². The molecule has 122 valence electrons. The molecule has 23 heavy (non-hydrogen) atoms. The van der Waals surface area contributed by atoms with E-state index in [2.05, 4.69) is 42.0 Å². The van der Waals surface area contributed by atoms with E-state index in [9.17, 15) is 9.18 Å². The molecular formula is C18H19BrFNO2. The maximum atomic E-state index is 13.0. The lowest BCUT2D eigenvalue weighted by Gasteiger charge is -2.23. The topological polar surface area (TPSA) is 38.3 Å². The first-order valence-corrected chi connectivity index (χ1v) is 8.04. The van der Waals surface area contributed by atoms with Crippen LogP contribution in [0.2, 0.25) is 0 Å². The summed E-state index contributed by atoms with van der Waals surface area (Å²) in [6.07, 6.45) is 0. The Morgan fingerprint density at radius 2 is 1.91 bits per heavy atom. The quantitative estimate of drug-likeness (QED) is 0.819. The van der Waals surface area contributed by atoms with Crippen molar-refractivity contribution in [3.05, 3.63) is 58.3 Å². The molecule has 0 fully saturated rings. The third-order valence-corrected chi connectivity index (χ3v) is 3.88. The molecule has 0 aliphatic carbocycles. The number of carbonyl (C=O) groups is 1. The van der Waals surface area contributed by atoms with Gasteiger partial charge < -0.3 is 10.1 Å². The fraction of sp³-hybridized carbons (Fsp3) is 0.278. The molecular weight excluding hydrogens is 361 g/mol. The van der Waals surface area contributed by atoms with E-state index in [0.717, 1.165) is 11.3 Å². The Bertz CT molecular complexity index is 710. The van der Waals surface area contributed by atoms with Crippen LogP contribution in [0.5, 0.6) is 5.75 Å². The number of para-hydroxylation sites is 1. The van der Waals surface area contributed by atoms with Crippen LogP contribution in [0.3, 0.4) is 0 Å². The molecule has 0 spiro atoms. The van der Waals surface area contributed by atoms with Crippen LogP contribution in [0.15, 0.2) is 46.9 Å². The van der Waals surface area contributed by atoms with Gasteiger partial charge in [0.1, 0.15) is 11.6 Å². The van der Waals surface area contributed by atoms with Crippen LogP contribution >= 0.6 is 15.9 Å². The van der Waals surface area contributed by atoms with Crippen molar-refractivity contribution >= 4 is 27.5 Å². The first-order valence-electron chi connectivity index (χ1n) is 7.24. The van der Waals surface area contributed by atoms with Crippen molar-refractivity contribution < 1.29 is 13.9 Å². The highest BCUT2D eigenvalue weighted by Crippen LogP contribution is 2.29. The molecule has 0 aliphatic heterocycles. The maximum absolute atomic E-state index is 13.0. The summed E-state index contributed by atoms with van der Waals surface area (Å²) in [5.41, 5.74) is 1.74. The zero-order valence-corrected chi connectivity index (χ0v) is 14.9. The summed E-state index contributed by atoms with van der Waals surface area (Å²) >= 11 is 3.21. The molecule has 0 radical (unpaired) electrons. The molecule has 1 N–H and O–H groups in total. The molecule has 1 amide bonds. The third-order valence-electron chi connectivity index (χ3n) is 3.26. The lowest BCUT2D eigenvalue weighted by Crippen LogP contribution is -2.23. The Morgan fingerprint density at radius 3 is 2.57 bits per heavy atom. The van der Waals surface area contributed by atoms with Crippen molar-refractivity contribution in [2.75, 3.05) is 11.9 Å². The smallest absolute Gasteiger partial charge is 0.262 e. The molecule has 2 aromatic rings. The number of hydrogen-bond acceptors (Lipinski definition) is 2. The van der Waals surface area contributed by atoms with Crippen molar-refractivity contribution in [1.29, 1.82) is 0 Å². The predicted octanol–water partition coefficient (Wildman–Crippen LogP) is 4.90. The molecule has 0 bridgehead atoms. The molecule has 5 heteroatoms. The van der Waals surface area contributed by atoms with E-state index in [-0.39, 0.29) is 23.7 Å². The van der Waals surface area contributed by atoms with Crippen molar-refractivity contribution in [1.82, 2.24) is 0 Å². The van der Waals surface area contributed by atoms with Gasteiger partial charge in [0.15, 0.2) is 6.61 Å². The van der Waals surface area contributed by atoms with E-state index in [0.29, 0.717) is 10.2 Å². The maximum Gasteiger partial charge on any atom is 0.262 e. The summed E-state index contributed by atoms with van der Waals surface area (Å²) in [4.78, 5) is 12.1. The number of rotatable bonds is 4. The van der Waals surface area contributed by atoms with Gasteiger partial charge in [-0.05, 0) is 51.2 Å². The van der Waals surface area contributed by atoms with Gasteiger partial charge in [-0.25, -0.2) is 4.39 Å². The average Bonchev–Trinajstić information content (AvgIpc) is 2.46. The second-order valence-electron chi connectivity index (χ2n) is 6.21. The lowest BCUT2D eigenvalue weighted by molar-refractivity contribution is -0.118. The zero-order chi connectivity index (χ0) is 17.0. The highest BCUT2D eigenvalue weighted by Gasteiger charge is 2.18. The first-order chi connectivity index (χ1) is 10.8. The van der Waals surface area contributed by atoms with Gasteiger partial charge >= 0.3 is 0 Å². The van der Waals surface area contributed by atoms with Gasteiger partial charge in [0.2, 0.25) is 0 Å². The molecule has 0 atom stereocenters. The Kier molecular flexibility index (Phi) is 5.42. The van der Waals surface area contributed by atoms with Crippen LogP contribution in [-0.4, -0.2) is 12.5 Å².